The lowest BCUT2D eigenvalue weighted by Crippen LogP contribution is -2.12. The van der Waals surface area contributed by atoms with Crippen LogP contribution >= 0.6 is 23.1 Å². The van der Waals surface area contributed by atoms with Gasteiger partial charge in [0.05, 0.1) is 24.2 Å². The van der Waals surface area contributed by atoms with Crippen LogP contribution in [0, 0.1) is 17.6 Å². The SMILES string of the molecule is CCOC(=O)c1sc(NC(=O)c2ccccc2OC)c(SC#N)c1C. The summed E-state index contributed by atoms with van der Waals surface area (Å²) < 4.78 is 10.2. The van der Waals surface area contributed by atoms with Crippen LogP contribution in [0.1, 0.15) is 32.5 Å². The number of hydrogen-bond acceptors (Lipinski definition) is 7. The van der Waals surface area contributed by atoms with E-state index in [1.54, 1.807) is 38.1 Å². The summed E-state index contributed by atoms with van der Waals surface area (Å²) in [6.45, 7) is 3.69. The van der Waals surface area contributed by atoms with Gasteiger partial charge in [-0.2, -0.15) is 5.26 Å². The molecule has 0 atom stereocenters. The first-order chi connectivity index (χ1) is 12.0. The second-order valence-electron chi connectivity index (χ2n) is 4.78. The molecule has 0 fully saturated rings. The maximum atomic E-state index is 12.6. The molecule has 6 nitrogen and oxygen atoms in total. The van der Waals surface area contributed by atoms with Crippen LogP contribution in [0.5, 0.6) is 5.75 Å². The Hall–Kier alpha value is -2.50. The summed E-state index contributed by atoms with van der Waals surface area (Å²) in [6, 6.07) is 6.81. The number of carbonyl (C=O) groups excluding carboxylic acids is 2. The van der Waals surface area contributed by atoms with Crippen LogP contribution < -0.4 is 10.1 Å². The van der Waals surface area contributed by atoms with Crippen LogP contribution in [-0.4, -0.2) is 25.6 Å². The lowest BCUT2D eigenvalue weighted by molar-refractivity contribution is 0.0531. The van der Waals surface area contributed by atoms with Gasteiger partial charge in [0.25, 0.3) is 5.91 Å². The zero-order valence-corrected chi connectivity index (χ0v) is 15.5. The fourth-order valence-corrected chi connectivity index (χ4v) is 3.94. The van der Waals surface area contributed by atoms with Gasteiger partial charge in [0, 0.05) is 0 Å². The van der Waals surface area contributed by atoms with Gasteiger partial charge in [-0.05, 0) is 43.3 Å². The number of anilines is 1. The lowest BCUT2D eigenvalue weighted by atomic mass is 10.2. The van der Waals surface area contributed by atoms with Crippen LogP contribution in [0.25, 0.3) is 0 Å². The summed E-state index contributed by atoms with van der Waals surface area (Å²) in [5, 5.41) is 14.2. The van der Waals surface area contributed by atoms with Crippen molar-refractivity contribution in [2.24, 2.45) is 0 Å². The number of carbonyl (C=O) groups is 2. The first kappa shape index (κ1) is 18.8. The molecule has 0 aliphatic rings. The molecule has 0 saturated heterocycles. The number of ether oxygens (including phenoxy) is 2. The zero-order valence-electron chi connectivity index (χ0n) is 13.9. The van der Waals surface area contributed by atoms with Gasteiger partial charge in [-0.3, -0.25) is 4.79 Å². The van der Waals surface area contributed by atoms with E-state index in [-0.39, 0.29) is 12.5 Å². The van der Waals surface area contributed by atoms with Crippen LogP contribution in [0.3, 0.4) is 0 Å². The minimum atomic E-state index is -0.470. The van der Waals surface area contributed by atoms with Crippen molar-refractivity contribution in [2.75, 3.05) is 19.0 Å². The Kier molecular flexibility index (Phi) is 6.44. The number of para-hydroxylation sites is 1. The monoisotopic (exact) mass is 376 g/mol. The summed E-state index contributed by atoms with van der Waals surface area (Å²) in [7, 11) is 1.48. The van der Waals surface area contributed by atoms with E-state index < -0.39 is 5.97 Å². The molecule has 1 amide bonds. The molecule has 130 valence electrons. The molecule has 0 unspecified atom stereocenters. The fourth-order valence-electron chi connectivity index (χ4n) is 2.14. The molecular weight excluding hydrogens is 360 g/mol. The first-order valence-corrected chi connectivity index (χ1v) is 8.97. The number of amides is 1. The number of nitrogens with one attached hydrogen (secondary N) is 1. The van der Waals surface area contributed by atoms with Crippen molar-refractivity contribution in [1.29, 1.82) is 5.26 Å². The Morgan fingerprint density at radius 1 is 1.36 bits per heavy atom. The average molecular weight is 376 g/mol. The number of methoxy groups -OCH3 is 1. The van der Waals surface area contributed by atoms with E-state index in [9.17, 15) is 9.59 Å². The predicted octanol–water partition coefficient (Wildman–Crippen LogP) is 4.07. The molecule has 2 aromatic rings. The van der Waals surface area contributed by atoms with E-state index >= 15 is 0 Å². The van der Waals surface area contributed by atoms with Gasteiger partial charge in [-0.1, -0.05) is 12.1 Å². The van der Waals surface area contributed by atoms with Gasteiger partial charge < -0.3 is 14.8 Å². The lowest BCUT2D eigenvalue weighted by Gasteiger charge is -2.08. The summed E-state index contributed by atoms with van der Waals surface area (Å²) in [5.41, 5.74) is 0.979. The maximum absolute atomic E-state index is 12.6. The number of thiocyanates is 1. The molecule has 25 heavy (non-hydrogen) atoms. The number of esters is 1. The highest BCUT2D eigenvalue weighted by molar-refractivity contribution is 8.04. The Labute approximate surface area is 153 Å². The van der Waals surface area contributed by atoms with Crippen LogP contribution in [0.2, 0.25) is 0 Å². The van der Waals surface area contributed by atoms with Crippen molar-refractivity contribution in [3.63, 3.8) is 0 Å². The van der Waals surface area contributed by atoms with E-state index in [2.05, 4.69) is 5.32 Å². The molecule has 0 radical (unpaired) electrons. The minimum Gasteiger partial charge on any atom is -0.496 e. The highest BCUT2D eigenvalue weighted by Gasteiger charge is 2.23. The number of nitriles is 1. The summed E-state index contributed by atoms with van der Waals surface area (Å²) in [6.07, 6.45) is 0. The quantitative estimate of drug-likeness (QED) is 0.464. The number of thioether (sulfide) groups is 1. The Balaban J connectivity index is 2.38. The largest absolute Gasteiger partial charge is 0.496 e. The van der Waals surface area contributed by atoms with Crippen LogP contribution in [0.15, 0.2) is 29.2 Å². The number of nitrogens with zero attached hydrogens (tertiary/aromatic N) is 1. The number of thiophene rings is 1. The molecule has 1 aromatic heterocycles. The highest BCUT2D eigenvalue weighted by atomic mass is 32.2. The number of benzene rings is 1. The molecule has 2 rings (SSSR count). The standard InChI is InChI=1S/C17H16N2O4S2/c1-4-23-17(21)14-10(2)13(24-9-18)16(25-14)19-15(20)11-7-5-6-8-12(11)22-3/h5-8H,4H2,1-3H3,(H,19,20). The van der Waals surface area contributed by atoms with E-state index in [0.717, 1.165) is 23.1 Å². The Morgan fingerprint density at radius 2 is 2.08 bits per heavy atom. The van der Waals surface area contributed by atoms with Gasteiger partial charge in [0.2, 0.25) is 0 Å². The molecular formula is C17H16N2O4S2. The van der Waals surface area contributed by atoms with E-state index in [1.165, 1.54) is 7.11 Å². The van der Waals surface area contributed by atoms with Gasteiger partial charge in [0.1, 0.15) is 21.0 Å². The molecule has 1 aromatic carbocycles. The zero-order chi connectivity index (χ0) is 18.4. The van der Waals surface area contributed by atoms with Crippen molar-refractivity contribution in [3.8, 4) is 11.2 Å². The van der Waals surface area contributed by atoms with Gasteiger partial charge in [-0.25, -0.2) is 4.79 Å². The van der Waals surface area contributed by atoms with Crippen molar-refractivity contribution in [3.05, 3.63) is 40.3 Å². The minimum absolute atomic E-state index is 0.250. The van der Waals surface area contributed by atoms with Crippen molar-refractivity contribution < 1.29 is 19.1 Å². The number of rotatable bonds is 6. The molecule has 0 bridgehead atoms. The third-order valence-electron chi connectivity index (χ3n) is 3.28. The number of hydrogen-bond donors (Lipinski definition) is 1. The van der Waals surface area contributed by atoms with E-state index in [0.29, 0.717) is 31.7 Å². The van der Waals surface area contributed by atoms with Crippen molar-refractivity contribution in [2.45, 2.75) is 18.7 Å². The predicted molar refractivity (Wildman–Crippen MR) is 97.4 cm³/mol. The topological polar surface area (TPSA) is 88.4 Å². The van der Waals surface area contributed by atoms with Crippen molar-refractivity contribution in [1.82, 2.24) is 0 Å². The van der Waals surface area contributed by atoms with Gasteiger partial charge in [-0.15, -0.1) is 11.3 Å². The van der Waals surface area contributed by atoms with Gasteiger partial charge >= 0.3 is 5.97 Å². The normalized spacial score (nSPS) is 10.0. The molecule has 0 saturated carbocycles. The third kappa shape index (κ3) is 4.13. The summed E-state index contributed by atoms with van der Waals surface area (Å²) >= 11 is 1.99. The Bertz CT molecular complexity index is 840. The maximum Gasteiger partial charge on any atom is 0.348 e. The highest BCUT2D eigenvalue weighted by Crippen LogP contribution is 2.40. The molecule has 0 aliphatic carbocycles. The van der Waals surface area contributed by atoms with E-state index in [1.807, 2.05) is 5.40 Å². The summed E-state index contributed by atoms with van der Waals surface area (Å²) in [5.74, 6) is -0.412. The smallest absolute Gasteiger partial charge is 0.348 e. The second kappa shape index (κ2) is 8.55. The molecule has 0 aliphatic heterocycles. The van der Waals surface area contributed by atoms with E-state index in [4.69, 9.17) is 14.7 Å². The molecule has 0 spiro atoms. The molecule has 1 N–H and O–H groups in total. The van der Waals surface area contributed by atoms with Crippen LogP contribution in [0.4, 0.5) is 5.00 Å². The Morgan fingerprint density at radius 3 is 2.72 bits per heavy atom. The molecule has 8 heteroatoms. The second-order valence-corrected chi connectivity index (χ2v) is 6.60. The van der Waals surface area contributed by atoms with Crippen molar-refractivity contribution >= 4 is 40.0 Å². The fraction of sp³-hybridized carbons (Fsp3) is 0.235. The average Bonchev–Trinajstić information content (AvgIpc) is 2.91. The van der Waals surface area contributed by atoms with Crippen LogP contribution in [-0.2, 0) is 4.74 Å². The molecule has 1 heterocycles. The first-order valence-electron chi connectivity index (χ1n) is 7.34. The third-order valence-corrected chi connectivity index (χ3v) is 5.40. The summed E-state index contributed by atoms with van der Waals surface area (Å²) in [4.78, 5) is 25.5. The van der Waals surface area contributed by atoms with Gasteiger partial charge in [0.15, 0.2) is 0 Å².